The van der Waals surface area contributed by atoms with E-state index in [1.807, 2.05) is 6.07 Å². The van der Waals surface area contributed by atoms with Gasteiger partial charge in [0.2, 0.25) is 0 Å². The minimum atomic E-state index is -0.626. The molecule has 0 saturated carbocycles. The summed E-state index contributed by atoms with van der Waals surface area (Å²) in [5.74, 6) is -0.145. The third-order valence-corrected chi connectivity index (χ3v) is 3.25. The lowest BCUT2D eigenvalue weighted by Crippen LogP contribution is -2.08. The molecule has 0 unspecified atom stereocenters. The molecule has 1 heterocycles. The van der Waals surface area contributed by atoms with Gasteiger partial charge < -0.3 is 4.74 Å². The highest BCUT2D eigenvalue weighted by molar-refractivity contribution is 6.01. The van der Waals surface area contributed by atoms with E-state index in [1.54, 1.807) is 42.5 Å². The largest absolute Gasteiger partial charge is 0.355 e. The van der Waals surface area contributed by atoms with Crippen molar-refractivity contribution in [2.75, 3.05) is 0 Å². The van der Waals surface area contributed by atoms with Crippen molar-refractivity contribution < 1.29 is 14.5 Å². The standard InChI is InChI=1S/C15H11NO4/c17-13(10-6-2-1-3-7-10)15-14(20-15)11-8-4-5-9-12(11)16(18)19/h1-9,14-15H/t14-,15-/m1/s1. The van der Waals surface area contributed by atoms with Gasteiger partial charge in [0.1, 0.15) is 6.10 Å². The van der Waals surface area contributed by atoms with Crippen molar-refractivity contribution >= 4 is 11.5 Å². The van der Waals surface area contributed by atoms with E-state index < -0.39 is 17.1 Å². The predicted octanol–water partition coefficient (Wildman–Crippen LogP) is 2.92. The Morgan fingerprint density at radius 3 is 2.40 bits per heavy atom. The summed E-state index contributed by atoms with van der Waals surface area (Å²) in [6.45, 7) is 0. The molecule has 1 aliphatic rings. The molecule has 0 radical (unpaired) electrons. The summed E-state index contributed by atoms with van der Waals surface area (Å²) in [5, 5.41) is 11.0. The number of epoxide rings is 1. The molecule has 1 aliphatic heterocycles. The Hall–Kier alpha value is -2.53. The first-order valence-corrected chi connectivity index (χ1v) is 6.16. The second-order valence-electron chi connectivity index (χ2n) is 4.52. The summed E-state index contributed by atoms with van der Waals surface area (Å²) in [6, 6.07) is 15.1. The molecule has 5 nitrogen and oxygen atoms in total. The number of Topliss-reactive ketones (excluding diaryl/α,β-unsaturated/α-hetero) is 1. The number of ether oxygens (including phenoxy) is 1. The Labute approximate surface area is 115 Å². The molecule has 1 saturated heterocycles. The smallest absolute Gasteiger partial charge is 0.275 e. The summed E-state index contributed by atoms with van der Waals surface area (Å²) in [5.41, 5.74) is 0.992. The van der Waals surface area contributed by atoms with E-state index >= 15 is 0 Å². The molecule has 0 amide bonds. The highest BCUT2D eigenvalue weighted by Crippen LogP contribution is 2.44. The molecule has 0 spiro atoms. The molecular weight excluding hydrogens is 258 g/mol. The van der Waals surface area contributed by atoms with Gasteiger partial charge in [0, 0.05) is 11.6 Å². The average Bonchev–Trinajstić information content (AvgIpc) is 3.27. The van der Waals surface area contributed by atoms with Crippen LogP contribution in [-0.4, -0.2) is 16.8 Å². The van der Waals surface area contributed by atoms with Gasteiger partial charge in [-0.05, 0) is 6.07 Å². The van der Waals surface area contributed by atoms with Crippen molar-refractivity contribution in [3.8, 4) is 0 Å². The maximum Gasteiger partial charge on any atom is 0.275 e. The van der Waals surface area contributed by atoms with Gasteiger partial charge in [0.05, 0.1) is 10.5 Å². The highest BCUT2D eigenvalue weighted by atomic mass is 16.6. The van der Waals surface area contributed by atoms with Crippen LogP contribution in [0.15, 0.2) is 54.6 Å². The fourth-order valence-corrected chi connectivity index (χ4v) is 2.21. The molecule has 20 heavy (non-hydrogen) atoms. The van der Waals surface area contributed by atoms with Gasteiger partial charge in [-0.3, -0.25) is 14.9 Å². The Morgan fingerprint density at radius 2 is 1.70 bits per heavy atom. The molecule has 1 fully saturated rings. The predicted molar refractivity (Wildman–Crippen MR) is 71.5 cm³/mol. The normalized spacial score (nSPS) is 20.4. The molecule has 2 aromatic carbocycles. The quantitative estimate of drug-likeness (QED) is 0.370. The number of carbonyl (C=O) groups is 1. The molecule has 100 valence electrons. The topological polar surface area (TPSA) is 72.7 Å². The lowest BCUT2D eigenvalue weighted by atomic mass is 10.0. The SMILES string of the molecule is O=C(c1ccccc1)[C@H]1O[C@@H]1c1ccccc1[N+](=O)[O-]. The third-order valence-electron chi connectivity index (χ3n) is 3.25. The van der Waals surface area contributed by atoms with Gasteiger partial charge in [0.25, 0.3) is 5.69 Å². The van der Waals surface area contributed by atoms with E-state index in [2.05, 4.69) is 0 Å². The summed E-state index contributed by atoms with van der Waals surface area (Å²) >= 11 is 0. The molecule has 0 bridgehead atoms. The Morgan fingerprint density at radius 1 is 1.05 bits per heavy atom. The lowest BCUT2D eigenvalue weighted by Gasteiger charge is -1.99. The zero-order valence-corrected chi connectivity index (χ0v) is 10.4. The number of nitro groups is 1. The molecule has 0 aliphatic carbocycles. The second kappa shape index (κ2) is 4.86. The van der Waals surface area contributed by atoms with Gasteiger partial charge in [-0.2, -0.15) is 0 Å². The molecule has 0 aromatic heterocycles. The number of hydrogen-bond donors (Lipinski definition) is 0. The van der Waals surface area contributed by atoms with Gasteiger partial charge in [-0.15, -0.1) is 0 Å². The number of ketones is 1. The summed E-state index contributed by atoms with van der Waals surface area (Å²) in [4.78, 5) is 22.7. The van der Waals surface area contributed by atoms with E-state index in [0.29, 0.717) is 11.1 Å². The second-order valence-corrected chi connectivity index (χ2v) is 4.52. The van der Waals surface area contributed by atoms with Crippen molar-refractivity contribution in [2.45, 2.75) is 12.2 Å². The van der Waals surface area contributed by atoms with Crippen LogP contribution in [0.4, 0.5) is 5.69 Å². The summed E-state index contributed by atoms with van der Waals surface area (Å²) in [7, 11) is 0. The zero-order valence-electron chi connectivity index (χ0n) is 10.4. The monoisotopic (exact) mass is 269 g/mol. The van der Waals surface area contributed by atoms with E-state index in [0.717, 1.165) is 0 Å². The van der Waals surface area contributed by atoms with Crippen molar-refractivity contribution in [2.24, 2.45) is 0 Å². The number of rotatable bonds is 4. The van der Waals surface area contributed by atoms with E-state index in [1.165, 1.54) is 6.07 Å². The first kappa shape index (κ1) is 12.5. The fourth-order valence-electron chi connectivity index (χ4n) is 2.21. The van der Waals surface area contributed by atoms with Crippen LogP contribution in [0.25, 0.3) is 0 Å². The van der Waals surface area contributed by atoms with Crippen molar-refractivity contribution in [3.63, 3.8) is 0 Å². The molecule has 3 rings (SSSR count). The first-order chi connectivity index (χ1) is 9.68. The van der Waals surface area contributed by atoms with E-state index in [9.17, 15) is 14.9 Å². The molecule has 2 atom stereocenters. The maximum atomic E-state index is 12.2. The van der Waals surface area contributed by atoms with Gasteiger partial charge >= 0.3 is 0 Å². The third kappa shape index (κ3) is 2.19. The maximum absolute atomic E-state index is 12.2. The average molecular weight is 269 g/mol. The molecule has 0 N–H and O–H groups in total. The van der Waals surface area contributed by atoms with Crippen LogP contribution in [0.3, 0.4) is 0 Å². The van der Waals surface area contributed by atoms with Gasteiger partial charge in [0.15, 0.2) is 11.9 Å². The van der Waals surface area contributed by atoms with Gasteiger partial charge in [-0.1, -0.05) is 42.5 Å². The number of carbonyl (C=O) groups excluding carboxylic acids is 1. The van der Waals surface area contributed by atoms with Crippen LogP contribution in [0, 0.1) is 10.1 Å². The van der Waals surface area contributed by atoms with Crippen LogP contribution in [0.5, 0.6) is 0 Å². The first-order valence-electron chi connectivity index (χ1n) is 6.16. The van der Waals surface area contributed by atoms with Crippen LogP contribution in [0.1, 0.15) is 22.0 Å². The lowest BCUT2D eigenvalue weighted by molar-refractivity contribution is -0.385. The number of nitrogens with zero attached hydrogens (tertiary/aromatic N) is 1. The minimum absolute atomic E-state index is 0.0131. The van der Waals surface area contributed by atoms with E-state index in [4.69, 9.17) is 4.74 Å². The van der Waals surface area contributed by atoms with Crippen LogP contribution in [-0.2, 0) is 4.74 Å². The summed E-state index contributed by atoms with van der Waals surface area (Å²) in [6.07, 6.45) is -1.15. The fraction of sp³-hybridized carbons (Fsp3) is 0.133. The number of benzene rings is 2. The van der Waals surface area contributed by atoms with Crippen molar-refractivity contribution in [3.05, 3.63) is 75.8 Å². The van der Waals surface area contributed by atoms with Gasteiger partial charge in [-0.25, -0.2) is 0 Å². The highest BCUT2D eigenvalue weighted by Gasteiger charge is 2.48. The number of nitro benzene ring substituents is 1. The van der Waals surface area contributed by atoms with Crippen LogP contribution >= 0.6 is 0 Å². The molecular formula is C15H11NO4. The zero-order chi connectivity index (χ0) is 14.1. The minimum Gasteiger partial charge on any atom is -0.355 e. The van der Waals surface area contributed by atoms with Crippen molar-refractivity contribution in [1.29, 1.82) is 0 Å². The van der Waals surface area contributed by atoms with Crippen molar-refractivity contribution in [1.82, 2.24) is 0 Å². The van der Waals surface area contributed by atoms with Crippen LogP contribution < -0.4 is 0 Å². The molecule has 2 aromatic rings. The number of para-hydroxylation sites is 1. The van der Waals surface area contributed by atoms with Crippen LogP contribution in [0.2, 0.25) is 0 Å². The summed E-state index contributed by atoms with van der Waals surface area (Å²) < 4.78 is 5.36. The Balaban J connectivity index is 1.83. The Kier molecular flexibility index (Phi) is 3.04. The number of hydrogen-bond acceptors (Lipinski definition) is 4. The van der Waals surface area contributed by atoms with E-state index in [-0.39, 0.29) is 11.5 Å². The Bertz CT molecular complexity index is 669. The molecule has 5 heteroatoms.